The minimum absolute atomic E-state index is 0.0229. The van der Waals surface area contributed by atoms with Crippen LogP contribution in [0.5, 0.6) is 0 Å². The number of rotatable bonds is 5. The summed E-state index contributed by atoms with van der Waals surface area (Å²) in [6.45, 7) is 7.97. The molecule has 4 nitrogen and oxygen atoms in total. The molecule has 1 saturated carbocycles. The zero-order valence-corrected chi connectivity index (χ0v) is 14.4. The Hall–Kier alpha value is -0.580. The van der Waals surface area contributed by atoms with Crippen LogP contribution in [0.1, 0.15) is 63.6 Å². The zero-order valence-electron chi connectivity index (χ0n) is 13.6. The van der Waals surface area contributed by atoms with E-state index in [1.807, 2.05) is 7.05 Å². The molecule has 0 bridgehead atoms. The molecule has 0 aromatic carbocycles. The van der Waals surface area contributed by atoms with Gasteiger partial charge >= 0.3 is 0 Å². The van der Waals surface area contributed by atoms with Crippen molar-refractivity contribution in [1.29, 1.82) is 0 Å². The third kappa shape index (κ3) is 3.61. The van der Waals surface area contributed by atoms with Crippen molar-refractivity contribution < 1.29 is 5.11 Å². The summed E-state index contributed by atoms with van der Waals surface area (Å²) >= 11 is 6.35. The summed E-state index contributed by atoms with van der Waals surface area (Å²) in [4.78, 5) is 0. The van der Waals surface area contributed by atoms with E-state index in [0.29, 0.717) is 17.6 Å². The van der Waals surface area contributed by atoms with Crippen LogP contribution in [-0.4, -0.2) is 27.5 Å². The van der Waals surface area contributed by atoms with Gasteiger partial charge in [0.05, 0.1) is 11.8 Å². The quantitative estimate of drug-likeness (QED) is 0.877. The standard InChI is InChI=1S/C16H28ClN3O/c1-11(2)14-12(15(17)20(4)19-14)9-18-10-16(3)8-6-5-7-13(16)21/h11,13,18,21H,5-10H2,1-4H3. The lowest BCUT2D eigenvalue weighted by molar-refractivity contribution is 0.00114. The molecular formula is C16H28ClN3O. The third-order valence-electron chi connectivity index (χ3n) is 4.76. The van der Waals surface area contributed by atoms with Crippen molar-refractivity contribution in [2.75, 3.05) is 6.54 Å². The average molecular weight is 314 g/mol. The SMILES string of the molecule is CC(C)c1nn(C)c(Cl)c1CNCC1(C)CCCCC1O. The highest BCUT2D eigenvalue weighted by Gasteiger charge is 2.35. The number of hydrogen-bond acceptors (Lipinski definition) is 3. The van der Waals surface area contributed by atoms with E-state index in [-0.39, 0.29) is 11.5 Å². The maximum absolute atomic E-state index is 10.2. The molecule has 1 aromatic rings. The summed E-state index contributed by atoms with van der Waals surface area (Å²) in [5.74, 6) is 0.358. The number of aliphatic hydroxyl groups is 1. The second-order valence-corrected chi connectivity index (χ2v) is 7.31. The number of aromatic nitrogens is 2. The topological polar surface area (TPSA) is 50.1 Å². The minimum Gasteiger partial charge on any atom is -0.393 e. The van der Waals surface area contributed by atoms with Gasteiger partial charge in [0.25, 0.3) is 0 Å². The predicted molar refractivity (Wildman–Crippen MR) is 86.6 cm³/mol. The Morgan fingerprint density at radius 2 is 2.19 bits per heavy atom. The number of aryl methyl sites for hydroxylation is 1. The molecule has 0 spiro atoms. The van der Waals surface area contributed by atoms with Gasteiger partial charge in [-0.05, 0) is 18.8 Å². The first-order valence-corrected chi connectivity index (χ1v) is 8.33. The monoisotopic (exact) mass is 313 g/mol. The molecule has 2 N–H and O–H groups in total. The second-order valence-electron chi connectivity index (χ2n) is 6.95. The smallest absolute Gasteiger partial charge is 0.131 e. The van der Waals surface area contributed by atoms with Crippen LogP contribution in [-0.2, 0) is 13.6 Å². The van der Waals surface area contributed by atoms with Crippen LogP contribution >= 0.6 is 11.6 Å². The normalized spacial score (nSPS) is 26.5. The predicted octanol–water partition coefficient (Wildman–Crippen LogP) is 3.23. The maximum atomic E-state index is 10.2. The van der Waals surface area contributed by atoms with Crippen LogP contribution in [0.2, 0.25) is 5.15 Å². The molecule has 0 amide bonds. The number of hydrogen-bond donors (Lipinski definition) is 2. The lowest BCUT2D eigenvalue weighted by atomic mass is 9.73. The summed E-state index contributed by atoms with van der Waals surface area (Å²) in [7, 11) is 1.88. The van der Waals surface area contributed by atoms with Crippen molar-refractivity contribution >= 4 is 11.6 Å². The molecule has 2 atom stereocenters. The first kappa shape index (κ1) is 16.8. The summed E-state index contributed by atoms with van der Waals surface area (Å²) in [6.07, 6.45) is 4.15. The van der Waals surface area contributed by atoms with Crippen molar-refractivity contribution in [2.45, 2.75) is 65.0 Å². The van der Waals surface area contributed by atoms with Crippen molar-refractivity contribution in [2.24, 2.45) is 12.5 Å². The van der Waals surface area contributed by atoms with E-state index < -0.39 is 0 Å². The van der Waals surface area contributed by atoms with Gasteiger partial charge < -0.3 is 10.4 Å². The molecule has 1 fully saturated rings. The number of aliphatic hydroxyl groups excluding tert-OH is 1. The van der Waals surface area contributed by atoms with Gasteiger partial charge in [-0.25, -0.2) is 0 Å². The van der Waals surface area contributed by atoms with Gasteiger partial charge in [-0.2, -0.15) is 5.10 Å². The van der Waals surface area contributed by atoms with E-state index in [2.05, 4.69) is 31.2 Å². The average Bonchev–Trinajstić information content (AvgIpc) is 2.71. The van der Waals surface area contributed by atoms with Gasteiger partial charge in [0.1, 0.15) is 5.15 Å². The van der Waals surface area contributed by atoms with Crippen LogP contribution in [0.4, 0.5) is 0 Å². The highest BCUT2D eigenvalue weighted by molar-refractivity contribution is 6.30. The highest BCUT2D eigenvalue weighted by atomic mass is 35.5. The Balaban J connectivity index is 2.00. The zero-order chi connectivity index (χ0) is 15.6. The largest absolute Gasteiger partial charge is 0.393 e. The van der Waals surface area contributed by atoms with Gasteiger partial charge in [-0.3, -0.25) is 4.68 Å². The fourth-order valence-electron chi connectivity index (χ4n) is 3.26. The van der Waals surface area contributed by atoms with E-state index in [4.69, 9.17) is 11.6 Å². The van der Waals surface area contributed by atoms with E-state index in [1.54, 1.807) is 4.68 Å². The van der Waals surface area contributed by atoms with Gasteiger partial charge in [0.15, 0.2) is 0 Å². The molecule has 21 heavy (non-hydrogen) atoms. The number of nitrogens with zero attached hydrogens (tertiary/aromatic N) is 2. The Morgan fingerprint density at radius 3 is 2.81 bits per heavy atom. The van der Waals surface area contributed by atoms with E-state index in [9.17, 15) is 5.11 Å². The lowest BCUT2D eigenvalue weighted by Crippen LogP contribution is -2.43. The van der Waals surface area contributed by atoms with Crippen LogP contribution in [0.15, 0.2) is 0 Å². The fourth-order valence-corrected chi connectivity index (χ4v) is 3.46. The Labute approximate surface area is 132 Å². The van der Waals surface area contributed by atoms with Crippen molar-refractivity contribution in [3.05, 3.63) is 16.4 Å². The fraction of sp³-hybridized carbons (Fsp3) is 0.812. The van der Waals surface area contributed by atoms with Crippen molar-refractivity contribution in [3.63, 3.8) is 0 Å². The summed E-state index contributed by atoms with van der Waals surface area (Å²) in [6, 6.07) is 0. The second kappa shape index (κ2) is 6.67. The molecule has 2 unspecified atom stereocenters. The lowest BCUT2D eigenvalue weighted by Gasteiger charge is -2.38. The molecule has 1 heterocycles. The van der Waals surface area contributed by atoms with E-state index >= 15 is 0 Å². The van der Waals surface area contributed by atoms with Crippen molar-refractivity contribution in [3.8, 4) is 0 Å². The number of halogens is 1. The molecule has 0 aliphatic heterocycles. The molecular weight excluding hydrogens is 286 g/mol. The Morgan fingerprint density at radius 1 is 1.48 bits per heavy atom. The van der Waals surface area contributed by atoms with Crippen LogP contribution in [0, 0.1) is 5.41 Å². The molecule has 5 heteroatoms. The molecule has 1 aliphatic carbocycles. The van der Waals surface area contributed by atoms with Crippen LogP contribution in [0.25, 0.3) is 0 Å². The van der Waals surface area contributed by atoms with Crippen LogP contribution < -0.4 is 5.32 Å². The molecule has 120 valence electrons. The molecule has 0 saturated heterocycles. The highest BCUT2D eigenvalue weighted by Crippen LogP contribution is 2.35. The third-order valence-corrected chi connectivity index (χ3v) is 5.23. The maximum Gasteiger partial charge on any atom is 0.131 e. The van der Waals surface area contributed by atoms with Crippen molar-refractivity contribution in [1.82, 2.24) is 15.1 Å². The van der Waals surface area contributed by atoms with Gasteiger partial charge in [0.2, 0.25) is 0 Å². The Bertz CT molecular complexity index is 486. The summed E-state index contributed by atoms with van der Waals surface area (Å²) in [5, 5.41) is 18.9. The van der Waals surface area contributed by atoms with E-state index in [0.717, 1.165) is 37.1 Å². The molecule has 0 radical (unpaired) electrons. The van der Waals surface area contributed by atoms with Gasteiger partial charge in [0, 0.05) is 31.1 Å². The molecule has 2 rings (SSSR count). The summed E-state index contributed by atoms with van der Waals surface area (Å²) in [5.41, 5.74) is 2.12. The number of nitrogens with one attached hydrogen (secondary N) is 1. The first-order valence-electron chi connectivity index (χ1n) is 7.95. The molecule has 1 aliphatic rings. The Kier molecular flexibility index (Phi) is 5.33. The summed E-state index contributed by atoms with van der Waals surface area (Å²) < 4.78 is 1.74. The van der Waals surface area contributed by atoms with Gasteiger partial charge in [-0.1, -0.05) is 45.2 Å². The molecule has 1 aromatic heterocycles. The van der Waals surface area contributed by atoms with Crippen LogP contribution in [0.3, 0.4) is 0 Å². The first-order chi connectivity index (χ1) is 9.85. The van der Waals surface area contributed by atoms with E-state index in [1.165, 1.54) is 6.42 Å². The van der Waals surface area contributed by atoms with Gasteiger partial charge in [-0.15, -0.1) is 0 Å². The minimum atomic E-state index is -0.201.